The third kappa shape index (κ3) is 2.59. The summed E-state index contributed by atoms with van der Waals surface area (Å²) in [6.07, 6.45) is 1.98. The Morgan fingerprint density at radius 3 is 2.39 bits per heavy atom. The van der Waals surface area contributed by atoms with Gasteiger partial charge in [-0.15, -0.1) is 0 Å². The largest absolute Gasteiger partial charge is 1.00 e. The van der Waals surface area contributed by atoms with Crippen LogP contribution in [-0.4, -0.2) is 22.6 Å². The lowest BCUT2D eigenvalue weighted by atomic mass is 10.00. The van der Waals surface area contributed by atoms with Crippen LogP contribution in [-0.2, 0) is 4.74 Å². The van der Waals surface area contributed by atoms with Gasteiger partial charge in [-0.3, -0.25) is 0 Å². The molecule has 1 heterocycles. The zero-order valence-electron chi connectivity index (χ0n) is 11.2. The van der Waals surface area contributed by atoms with Gasteiger partial charge >= 0.3 is 5.90 Å². The summed E-state index contributed by atoms with van der Waals surface area (Å²) < 4.78 is 7.98. The molecule has 0 spiro atoms. The topological polar surface area (TPSA) is 12.2 Å². The van der Waals surface area contributed by atoms with Crippen molar-refractivity contribution in [2.75, 3.05) is 6.61 Å². The van der Waals surface area contributed by atoms with E-state index in [0.717, 1.165) is 12.5 Å². The molecule has 0 aromatic heterocycles. The maximum atomic E-state index is 5.68. The van der Waals surface area contributed by atoms with Gasteiger partial charge in [-0.25, -0.2) is 0 Å². The van der Waals surface area contributed by atoms with Crippen molar-refractivity contribution in [1.29, 1.82) is 0 Å². The van der Waals surface area contributed by atoms with Gasteiger partial charge in [0.2, 0.25) is 0 Å². The molecule has 0 N–H and O–H groups in total. The number of rotatable bonds is 3. The molecule has 98 valence electrons. The Hall–Kier alpha value is -1.28. The molecule has 0 radical (unpaired) electrons. The second-order valence-electron chi connectivity index (χ2n) is 5.08. The monoisotopic (exact) mass is 265 g/mol. The van der Waals surface area contributed by atoms with Crippen LogP contribution < -0.4 is 12.4 Å². The predicted molar refractivity (Wildman–Crippen MR) is 70.4 cm³/mol. The van der Waals surface area contributed by atoms with E-state index in [1.807, 2.05) is 19.1 Å². The molecular formula is C15H20ClNO. The second-order valence-corrected chi connectivity index (χ2v) is 5.08. The number of hydrogen-bond acceptors (Lipinski definition) is 1. The molecule has 0 saturated heterocycles. The number of hydrogen-bond donors (Lipinski definition) is 0. The van der Waals surface area contributed by atoms with Crippen LogP contribution in [0.15, 0.2) is 43.0 Å². The third-order valence-electron chi connectivity index (χ3n) is 3.27. The Kier molecular flexibility index (Phi) is 4.58. The Morgan fingerprint density at radius 2 is 1.94 bits per heavy atom. The summed E-state index contributed by atoms with van der Waals surface area (Å²) >= 11 is 0. The van der Waals surface area contributed by atoms with Gasteiger partial charge in [-0.05, 0) is 6.08 Å². The zero-order chi connectivity index (χ0) is 12.5. The molecule has 2 nitrogen and oxygen atoms in total. The van der Waals surface area contributed by atoms with Gasteiger partial charge in [-0.1, -0.05) is 36.9 Å². The molecule has 0 fully saturated rings. The Morgan fingerprint density at radius 1 is 1.33 bits per heavy atom. The molecule has 2 rings (SSSR count). The molecule has 1 aliphatic heterocycles. The van der Waals surface area contributed by atoms with Crippen LogP contribution in [0.1, 0.15) is 32.4 Å². The van der Waals surface area contributed by atoms with Crippen LogP contribution in [0.2, 0.25) is 0 Å². The number of halogens is 1. The summed E-state index contributed by atoms with van der Waals surface area (Å²) in [5.41, 5.74) is 1.26. The average molecular weight is 266 g/mol. The van der Waals surface area contributed by atoms with E-state index < -0.39 is 0 Å². The van der Waals surface area contributed by atoms with E-state index >= 15 is 0 Å². The first-order chi connectivity index (χ1) is 8.06. The average Bonchev–Trinajstić information content (AvgIpc) is 2.58. The first kappa shape index (κ1) is 14.8. The van der Waals surface area contributed by atoms with Gasteiger partial charge in [0.15, 0.2) is 18.2 Å². The van der Waals surface area contributed by atoms with Crippen molar-refractivity contribution in [2.24, 2.45) is 0 Å². The fourth-order valence-corrected chi connectivity index (χ4v) is 2.46. The van der Waals surface area contributed by atoms with Gasteiger partial charge in [0.05, 0.1) is 6.92 Å². The van der Waals surface area contributed by atoms with Crippen LogP contribution in [0.4, 0.5) is 0 Å². The van der Waals surface area contributed by atoms with Crippen LogP contribution >= 0.6 is 0 Å². The second kappa shape index (κ2) is 5.57. The van der Waals surface area contributed by atoms with Crippen LogP contribution in [0, 0.1) is 0 Å². The maximum Gasteiger partial charge on any atom is 0.334 e. The van der Waals surface area contributed by atoms with E-state index in [1.54, 1.807) is 0 Å². The minimum atomic E-state index is 0. The normalized spacial score (nSPS) is 18.8. The molecule has 1 aliphatic rings. The Balaban J connectivity index is 0.00000162. The SMILES string of the molecule is C=CC(c1ccccc1)[N+]1=C(C)OCC1(C)C.[Cl-]. The van der Waals surface area contributed by atoms with Crippen molar-refractivity contribution in [3.63, 3.8) is 0 Å². The van der Waals surface area contributed by atoms with Crippen LogP contribution in [0.5, 0.6) is 0 Å². The van der Waals surface area contributed by atoms with Crippen molar-refractivity contribution in [3.05, 3.63) is 48.6 Å². The van der Waals surface area contributed by atoms with Gasteiger partial charge in [0.25, 0.3) is 0 Å². The first-order valence-electron chi connectivity index (χ1n) is 5.99. The lowest BCUT2D eigenvalue weighted by Gasteiger charge is -2.20. The Bertz CT molecular complexity index is 451. The first-order valence-corrected chi connectivity index (χ1v) is 5.99. The smallest absolute Gasteiger partial charge is 0.334 e. The molecule has 0 amide bonds. The third-order valence-corrected chi connectivity index (χ3v) is 3.27. The maximum absolute atomic E-state index is 5.68. The molecule has 18 heavy (non-hydrogen) atoms. The predicted octanol–water partition coefficient (Wildman–Crippen LogP) is 0.157. The Labute approximate surface area is 115 Å². The summed E-state index contributed by atoms with van der Waals surface area (Å²) in [5.74, 6) is 0.976. The highest BCUT2D eigenvalue weighted by Gasteiger charge is 2.44. The summed E-state index contributed by atoms with van der Waals surface area (Å²) in [4.78, 5) is 0. The molecule has 0 bridgehead atoms. The summed E-state index contributed by atoms with van der Waals surface area (Å²) in [6, 6.07) is 10.6. The molecular weight excluding hydrogens is 246 g/mol. The molecule has 1 aromatic rings. The van der Waals surface area contributed by atoms with Gasteiger partial charge in [0, 0.05) is 19.4 Å². The van der Waals surface area contributed by atoms with Gasteiger partial charge in [0.1, 0.15) is 0 Å². The van der Waals surface area contributed by atoms with Gasteiger partial charge in [-0.2, -0.15) is 4.58 Å². The molecule has 3 heteroatoms. The van der Waals surface area contributed by atoms with Crippen molar-refractivity contribution in [1.82, 2.24) is 0 Å². The quantitative estimate of drug-likeness (QED) is 0.560. The van der Waals surface area contributed by atoms with Crippen molar-refractivity contribution in [2.45, 2.75) is 32.4 Å². The highest BCUT2D eigenvalue weighted by atomic mass is 35.5. The fourth-order valence-electron chi connectivity index (χ4n) is 2.46. The highest BCUT2D eigenvalue weighted by molar-refractivity contribution is 5.69. The van der Waals surface area contributed by atoms with E-state index in [0.29, 0.717) is 0 Å². The van der Waals surface area contributed by atoms with Crippen LogP contribution in [0.25, 0.3) is 0 Å². The number of ether oxygens (including phenoxy) is 1. The molecule has 1 aromatic carbocycles. The van der Waals surface area contributed by atoms with E-state index in [2.05, 4.69) is 49.3 Å². The number of nitrogens with zero attached hydrogens (tertiary/aromatic N) is 1. The van der Waals surface area contributed by atoms with E-state index in [9.17, 15) is 0 Å². The van der Waals surface area contributed by atoms with Crippen molar-refractivity contribution >= 4 is 5.90 Å². The minimum absolute atomic E-state index is 0. The fraction of sp³-hybridized carbons (Fsp3) is 0.400. The van der Waals surface area contributed by atoms with E-state index in [-0.39, 0.29) is 24.0 Å². The van der Waals surface area contributed by atoms with E-state index in [4.69, 9.17) is 4.74 Å². The lowest BCUT2D eigenvalue weighted by molar-refractivity contribution is -0.619. The zero-order valence-corrected chi connectivity index (χ0v) is 11.9. The molecule has 0 aliphatic carbocycles. The molecule has 1 unspecified atom stereocenters. The summed E-state index contributed by atoms with van der Waals surface area (Å²) in [5, 5.41) is 0. The van der Waals surface area contributed by atoms with Crippen molar-refractivity contribution < 1.29 is 21.7 Å². The molecule has 1 atom stereocenters. The number of benzene rings is 1. The standard InChI is InChI=1S/C15H20NO.ClH/c1-5-14(13-9-7-6-8-10-13)16-12(2)17-11-15(16,3)4;/h5-10,14H,1,11H2,2-4H3;1H/q+1;/p-1. The highest BCUT2D eigenvalue weighted by Crippen LogP contribution is 2.29. The van der Waals surface area contributed by atoms with Gasteiger partial charge < -0.3 is 17.1 Å². The van der Waals surface area contributed by atoms with E-state index in [1.165, 1.54) is 5.56 Å². The summed E-state index contributed by atoms with van der Waals surface area (Å²) in [6.45, 7) is 11.1. The summed E-state index contributed by atoms with van der Waals surface area (Å²) in [7, 11) is 0. The molecule has 0 saturated carbocycles. The minimum Gasteiger partial charge on any atom is -1.00 e. The lowest BCUT2D eigenvalue weighted by Crippen LogP contribution is -3.00. The van der Waals surface area contributed by atoms with Crippen LogP contribution in [0.3, 0.4) is 0 Å². The van der Waals surface area contributed by atoms with Crippen molar-refractivity contribution in [3.8, 4) is 0 Å².